The van der Waals surface area contributed by atoms with Crippen molar-refractivity contribution in [2.75, 3.05) is 24.8 Å². The van der Waals surface area contributed by atoms with Crippen molar-refractivity contribution >= 4 is 17.3 Å². The first-order chi connectivity index (χ1) is 18.0. The largest absolute Gasteiger partial charge is 0.454 e. The van der Waals surface area contributed by atoms with Gasteiger partial charge in [-0.1, -0.05) is 36.4 Å². The quantitative estimate of drug-likeness (QED) is 0.370. The van der Waals surface area contributed by atoms with Crippen molar-refractivity contribution in [3.63, 3.8) is 0 Å². The highest BCUT2D eigenvalue weighted by Crippen LogP contribution is 2.36. The molecule has 0 fully saturated rings. The molecule has 1 heterocycles. The van der Waals surface area contributed by atoms with Crippen LogP contribution in [0, 0.1) is 36.5 Å². The summed E-state index contributed by atoms with van der Waals surface area (Å²) in [6.07, 6.45) is 5.06. The summed E-state index contributed by atoms with van der Waals surface area (Å²) < 4.78 is 11.3. The Bertz CT molecular complexity index is 1480. The molecule has 0 aromatic heterocycles. The summed E-state index contributed by atoms with van der Waals surface area (Å²) in [6, 6.07) is 23.8. The molecule has 0 bridgehead atoms. The molecule has 0 amide bonds. The number of rotatable bonds is 9. The van der Waals surface area contributed by atoms with E-state index in [1.807, 2.05) is 6.07 Å². The maximum Gasteiger partial charge on any atom is 0.231 e. The first kappa shape index (κ1) is 25.9. The van der Waals surface area contributed by atoms with Crippen molar-refractivity contribution in [2.24, 2.45) is 0 Å². The molecule has 0 atom stereocenters. The smallest absolute Gasteiger partial charge is 0.231 e. The van der Waals surface area contributed by atoms with Gasteiger partial charge in [0.2, 0.25) is 6.79 Å². The van der Waals surface area contributed by atoms with Crippen LogP contribution >= 0.6 is 0 Å². The van der Waals surface area contributed by atoms with Gasteiger partial charge in [-0.3, -0.25) is 0 Å². The normalized spacial score (nSPS) is 13.2. The van der Waals surface area contributed by atoms with Gasteiger partial charge in [-0.2, -0.15) is 10.5 Å². The second-order valence-corrected chi connectivity index (χ2v) is 9.26. The van der Waals surface area contributed by atoms with E-state index >= 15 is 0 Å². The summed E-state index contributed by atoms with van der Waals surface area (Å²) in [5.74, 6) is 1.53. The van der Waals surface area contributed by atoms with E-state index in [1.165, 1.54) is 21.6 Å². The molecule has 1 aliphatic rings. The fourth-order valence-electron chi connectivity index (χ4n) is 4.83. The third-order valence-corrected chi connectivity index (χ3v) is 6.77. The van der Waals surface area contributed by atoms with Gasteiger partial charge in [0.1, 0.15) is 0 Å². The molecule has 4 rings (SSSR count). The number of hydrogen-bond acceptors (Lipinski definition) is 5. The van der Waals surface area contributed by atoms with Gasteiger partial charge in [0.05, 0.1) is 18.6 Å². The van der Waals surface area contributed by atoms with Gasteiger partial charge in [-0.15, -0.1) is 0 Å². The Morgan fingerprint density at radius 1 is 0.919 bits per heavy atom. The van der Waals surface area contributed by atoms with Crippen molar-refractivity contribution < 1.29 is 9.47 Å². The van der Waals surface area contributed by atoms with Crippen molar-refractivity contribution in [3.8, 4) is 23.6 Å². The fraction of sp³-hybridized carbons (Fsp3) is 0.312. The van der Waals surface area contributed by atoms with Crippen LogP contribution in [0.25, 0.3) is 11.6 Å². The van der Waals surface area contributed by atoms with Crippen LogP contribution in [-0.4, -0.2) is 19.9 Å². The topological polar surface area (TPSA) is 69.3 Å². The van der Waals surface area contributed by atoms with E-state index in [1.54, 1.807) is 0 Å². The Balaban J connectivity index is 1.85. The average Bonchev–Trinajstić information content (AvgIpc) is 3.37. The van der Waals surface area contributed by atoms with E-state index < -0.39 is 0 Å². The first-order valence-electron chi connectivity index (χ1n) is 12.9. The number of nitriles is 2. The highest BCUT2D eigenvalue weighted by molar-refractivity contribution is 5.83. The van der Waals surface area contributed by atoms with E-state index in [4.69, 9.17) is 20.0 Å². The molecular formula is C32H33N3O2. The Hall–Kier alpha value is -4.22. The van der Waals surface area contributed by atoms with Crippen LogP contribution in [0.3, 0.4) is 0 Å². The van der Waals surface area contributed by atoms with E-state index in [-0.39, 0.29) is 6.79 Å². The second-order valence-electron chi connectivity index (χ2n) is 9.26. The van der Waals surface area contributed by atoms with E-state index in [0.717, 1.165) is 59.8 Å². The number of benzene rings is 3. The Kier molecular flexibility index (Phi) is 8.49. The zero-order valence-electron chi connectivity index (χ0n) is 21.9. The minimum Gasteiger partial charge on any atom is -0.454 e. The second kappa shape index (κ2) is 12.2. The molecule has 0 aliphatic carbocycles. The minimum absolute atomic E-state index is 0.243. The number of fused-ring (bicyclic) bond motifs is 1. The van der Waals surface area contributed by atoms with Crippen molar-refractivity contribution in [1.82, 2.24) is 0 Å². The summed E-state index contributed by atoms with van der Waals surface area (Å²) in [7, 11) is 0. The van der Waals surface area contributed by atoms with Crippen molar-refractivity contribution in [2.45, 2.75) is 46.5 Å². The van der Waals surface area contributed by atoms with Gasteiger partial charge in [-0.25, -0.2) is 0 Å². The molecule has 0 saturated heterocycles. The Morgan fingerprint density at radius 3 is 2.46 bits per heavy atom. The summed E-state index contributed by atoms with van der Waals surface area (Å²) in [6.45, 7) is 8.23. The van der Waals surface area contributed by atoms with Gasteiger partial charge < -0.3 is 14.4 Å². The minimum atomic E-state index is 0.243. The molecule has 0 spiro atoms. The molecule has 37 heavy (non-hydrogen) atoms. The van der Waals surface area contributed by atoms with Crippen molar-refractivity contribution in [1.29, 1.82) is 10.5 Å². The molecule has 5 nitrogen and oxygen atoms in total. The molecular weight excluding hydrogens is 458 g/mol. The predicted molar refractivity (Wildman–Crippen MR) is 148 cm³/mol. The van der Waals surface area contributed by atoms with Gasteiger partial charge in [-0.05, 0) is 96.1 Å². The van der Waals surface area contributed by atoms with Crippen LogP contribution in [0.1, 0.15) is 54.9 Å². The SMILES string of the molecule is CCN(CCC#N)c1ccc(C(c2ccc3c(c2)OCO3)=c2ccc(=CCCCC#N)cc2C)c(C)c1. The highest BCUT2D eigenvalue weighted by Gasteiger charge is 2.18. The van der Waals surface area contributed by atoms with Crippen molar-refractivity contribution in [3.05, 3.63) is 87.3 Å². The standard InChI is InChI=1S/C32H33N3O2/c1-4-35(18-8-17-34)27-12-14-29(24(3)20-27)32(26-11-15-30-31(21-26)37-22-36-30)28-13-10-25(19-23(28)2)9-6-5-7-16-33/h9-15,19-21H,4-8,18,22H2,1-3H3. The predicted octanol–water partition coefficient (Wildman–Crippen LogP) is 5.49. The van der Waals surface area contributed by atoms with Crippen LogP contribution in [0.4, 0.5) is 5.69 Å². The number of aryl methyl sites for hydroxylation is 2. The molecule has 0 N–H and O–H groups in total. The van der Waals surface area contributed by atoms with E-state index in [0.29, 0.717) is 12.8 Å². The van der Waals surface area contributed by atoms with Crippen LogP contribution < -0.4 is 24.8 Å². The lowest BCUT2D eigenvalue weighted by molar-refractivity contribution is 0.174. The van der Waals surface area contributed by atoms with E-state index in [2.05, 4.69) is 92.4 Å². The van der Waals surface area contributed by atoms with Gasteiger partial charge in [0, 0.05) is 25.2 Å². The Labute approximate surface area is 219 Å². The molecule has 3 aromatic rings. The maximum absolute atomic E-state index is 9.05. The molecule has 188 valence electrons. The number of unbranched alkanes of at least 4 members (excludes halogenated alkanes) is 2. The number of ether oxygens (including phenoxy) is 2. The zero-order valence-corrected chi connectivity index (χ0v) is 21.9. The van der Waals surface area contributed by atoms with Crippen LogP contribution in [0.5, 0.6) is 11.5 Å². The third kappa shape index (κ3) is 5.96. The molecule has 0 unspecified atom stereocenters. The lowest BCUT2D eigenvalue weighted by atomic mass is 9.90. The van der Waals surface area contributed by atoms with Gasteiger partial charge >= 0.3 is 0 Å². The lowest BCUT2D eigenvalue weighted by Crippen LogP contribution is -2.23. The van der Waals surface area contributed by atoms with Gasteiger partial charge in [0.25, 0.3) is 0 Å². The maximum atomic E-state index is 9.05. The number of anilines is 1. The summed E-state index contributed by atoms with van der Waals surface area (Å²) in [5, 5.41) is 20.2. The Morgan fingerprint density at radius 2 is 1.73 bits per heavy atom. The molecule has 0 saturated carbocycles. The molecule has 3 aromatic carbocycles. The molecule has 5 heteroatoms. The van der Waals surface area contributed by atoms with E-state index in [9.17, 15) is 0 Å². The molecule has 1 aliphatic heterocycles. The molecule has 0 radical (unpaired) electrons. The average molecular weight is 492 g/mol. The lowest BCUT2D eigenvalue weighted by Gasteiger charge is -2.23. The summed E-state index contributed by atoms with van der Waals surface area (Å²) in [4.78, 5) is 2.24. The first-order valence-corrected chi connectivity index (χ1v) is 12.9. The monoisotopic (exact) mass is 491 g/mol. The highest BCUT2D eigenvalue weighted by atomic mass is 16.7. The fourth-order valence-corrected chi connectivity index (χ4v) is 4.83. The van der Waals surface area contributed by atoms with Crippen LogP contribution in [0.2, 0.25) is 0 Å². The van der Waals surface area contributed by atoms with Gasteiger partial charge in [0.15, 0.2) is 11.5 Å². The van der Waals surface area contributed by atoms with Crippen LogP contribution in [0.15, 0.2) is 54.6 Å². The zero-order chi connectivity index (χ0) is 26.2. The number of hydrogen-bond donors (Lipinski definition) is 0. The summed E-state index contributed by atoms with van der Waals surface area (Å²) in [5.41, 5.74) is 6.87. The summed E-state index contributed by atoms with van der Waals surface area (Å²) >= 11 is 0. The number of nitrogens with zero attached hydrogens (tertiary/aromatic N) is 3. The van der Waals surface area contributed by atoms with Crippen LogP contribution in [-0.2, 0) is 0 Å². The third-order valence-electron chi connectivity index (χ3n) is 6.77.